The van der Waals surface area contributed by atoms with Gasteiger partial charge in [0.15, 0.2) is 0 Å². The van der Waals surface area contributed by atoms with Gasteiger partial charge in [0.25, 0.3) is 0 Å². The van der Waals surface area contributed by atoms with Crippen LogP contribution in [0.15, 0.2) is 6.20 Å². The van der Waals surface area contributed by atoms with Crippen LogP contribution >= 0.6 is 0 Å². The third kappa shape index (κ3) is 3.00. The number of carboxylic acid groups (broad SMARTS) is 1. The molecule has 5 nitrogen and oxygen atoms in total. The van der Waals surface area contributed by atoms with Gasteiger partial charge < -0.3 is 9.84 Å². The summed E-state index contributed by atoms with van der Waals surface area (Å²) in [5, 5.41) is 9.05. The highest BCUT2D eigenvalue weighted by atomic mass is 16.5. The molecule has 0 aromatic carbocycles. The van der Waals surface area contributed by atoms with E-state index >= 15 is 0 Å². The fourth-order valence-corrected chi connectivity index (χ4v) is 1.76. The van der Waals surface area contributed by atoms with Crippen molar-refractivity contribution in [1.82, 2.24) is 9.97 Å². The Kier molecular flexibility index (Phi) is 3.68. The predicted octanol–water partition coefficient (Wildman–Crippen LogP) is 1.63. The molecule has 0 saturated heterocycles. The van der Waals surface area contributed by atoms with E-state index < -0.39 is 5.97 Å². The van der Waals surface area contributed by atoms with E-state index in [-0.39, 0.29) is 5.56 Å². The van der Waals surface area contributed by atoms with Crippen molar-refractivity contribution >= 4 is 5.97 Å². The normalized spacial score (nSPS) is 14.9. The molecule has 1 N–H and O–H groups in total. The fraction of sp³-hybridized carbons (Fsp3) is 0.583. The van der Waals surface area contributed by atoms with Crippen LogP contribution in [-0.4, -0.2) is 34.8 Å². The summed E-state index contributed by atoms with van der Waals surface area (Å²) >= 11 is 0. The molecule has 1 aliphatic rings. The summed E-state index contributed by atoms with van der Waals surface area (Å²) < 4.78 is 4.97. The molecule has 0 radical (unpaired) electrons. The largest absolute Gasteiger partial charge is 0.478 e. The number of hydrogen-bond acceptors (Lipinski definition) is 4. The number of carbonyl (C=O) groups is 1. The molecule has 92 valence electrons. The van der Waals surface area contributed by atoms with Gasteiger partial charge in [-0.15, -0.1) is 0 Å². The first kappa shape index (κ1) is 12.0. The monoisotopic (exact) mass is 236 g/mol. The Morgan fingerprint density at radius 3 is 2.94 bits per heavy atom. The van der Waals surface area contributed by atoms with Gasteiger partial charge in [-0.05, 0) is 19.3 Å². The van der Waals surface area contributed by atoms with Crippen LogP contribution in [0.5, 0.6) is 0 Å². The molecule has 2 rings (SSSR count). The maximum absolute atomic E-state index is 11.0. The van der Waals surface area contributed by atoms with Gasteiger partial charge in [-0.1, -0.05) is 0 Å². The number of ether oxygens (including phenoxy) is 1. The molecule has 5 heteroatoms. The third-order valence-corrected chi connectivity index (χ3v) is 2.81. The zero-order valence-corrected chi connectivity index (χ0v) is 9.85. The SMILES string of the molecule is COCCCc1ncc(C(=O)O)c(C2CC2)n1. The van der Waals surface area contributed by atoms with Gasteiger partial charge in [-0.25, -0.2) is 14.8 Å². The van der Waals surface area contributed by atoms with E-state index in [2.05, 4.69) is 9.97 Å². The molecule has 1 aromatic rings. The first-order valence-corrected chi connectivity index (χ1v) is 5.80. The van der Waals surface area contributed by atoms with Gasteiger partial charge in [-0.3, -0.25) is 0 Å². The lowest BCUT2D eigenvalue weighted by Crippen LogP contribution is -2.09. The molecular weight excluding hydrogens is 220 g/mol. The first-order valence-electron chi connectivity index (χ1n) is 5.80. The lowest BCUT2D eigenvalue weighted by atomic mass is 10.1. The Bertz CT molecular complexity index is 416. The van der Waals surface area contributed by atoms with E-state index in [0.29, 0.717) is 24.0 Å². The highest BCUT2D eigenvalue weighted by Crippen LogP contribution is 2.40. The molecule has 1 aliphatic carbocycles. The first-order chi connectivity index (χ1) is 8.22. The summed E-state index contributed by atoms with van der Waals surface area (Å²) in [4.78, 5) is 19.5. The average Bonchev–Trinajstić information content (AvgIpc) is 3.13. The van der Waals surface area contributed by atoms with E-state index in [1.165, 1.54) is 6.20 Å². The van der Waals surface area contributed by atoms with Crippen molar-refractivity contribution in [3.63, 3.8) is 0 Å². The summed E-state index contributed by atoms with van der Waals surface area (Å²) in [7, 11) is 1.66. The van der Waals surface area contributed by atoms with Gasteiger partial charge in [-0.2, -0.15) is 0 Å². The lowest BCUT2D eigenvalue weighted by molar-refractivity contribution is 0.0694. The number of rotatable bonds is 6. The van der Waals surface area contributed by atoms with E-state index in [1.807, 2.05) is 0 Å². The highest BCUT2D eigenvalue weighted by molar-refractivity contribution is 5.88. The Balaban J connectivity index is 2.14. The zero-order chi connectivity index (χ0) is 12.3. The Labute approximate surface area is 99.9 Å². The maximum Gasteiger partial charge on any atom is 0.339 e. The van der Waals surface area contributed by atoms with Crippen LogP contribution in [0.1, 0.15) is 47.1 Å². The second-order valence-electron chi connectivity index (χ2n) is 4.26. The van der Waals surface area contributed by atoms with Crippen LogP contribution in [0, 0.1) is 0 Å². The summed E-state index contributed by atoms with van der Waals surface area (Å²) in [5.41, 5.74) is 0.961. The minimum Gasteiger partial charge on any atom is -0.478 e. The number of aromatic nitrogens is 2. The quantitative estimate of drug-likeness (QED) is 0.760. The van der Waals surface area contributed by atoms with Crippen LogP contribution in [0.3, 0.4) is 0 Å². The maximum atomic E-state index is 11.0. The lowest BCUT2D eigenvalue weighted by Gasteiger charge is -2.06. The van der Waals surface area contributed by atoms with Crippen molar-refractivity contribution in [1.29, 1.82) is 0 Å². The minimum atomic E-state index is -0.935. The molecular formula is C12H16N2O3. The van der Waals surface area contributed by atoms with Gasteiger partial charge >= 0.3 is 5.97 Å². The van der Waals surface area contributed by atoms with Crippen LogP contribution < -0.4 is 0 Å². The van der Waals surface area contributed by atoms with Gasteiger partial charge in [0.1, 0.15) is 5.82 Å². The smallest absolute Gasteiger partial charge is 0.339 e. The molecule has 0 atom stereocenters. The van der Waals surface area contributed by atoms with Crippen molar-refractivity contribution < 1.29 is 14.6 Å². The van der Waals surface area contributed by atoms with E-state index in [1.54, 1.807) is 7.11 Å². The molecule has 0 spiro atoms. The molecule has 1 fully saturated rings. The van der Waals surface area contributed by atoms with Gasteiger partial charge in [0.05, 0.1) is 11.3 Å². The van der Waals surface area contributed by atoms with Crippen LogP contribution in [0.2, 0.25) is 0 Å². The Hall–Kier alpha value is -1.49. The molecule has 0 amide bonds. The topological polar surface area (TPSA) is 72.3 Å². The van der Waals surface area contributed by atoms with Crippen LogP contribution in [0.25, 0.3) is 0 Å². The summed E-state index contributed by atoms with van der Waals surface area (Å²) in [6.45, 7) is 0.669. The second-order valence-corrected chi connectivity index (χ2v) is 4.26. The van der Waals surface area contributed by atoms with Crippen LogP contribution in [0.4, 0.5) is 0 Å². The highest BCUT2D eigenvalue weighted by Gasteiger charge is 2.30. The van der Waals surface area contributed by atoms with Crippen LogP contribution in [-0.2, 0) is 11.2 Å². The van der Waals surface area contributed by atoms with Crippen molar-refractivity contribution in [2.45, 2.75) is 31.6 Å². The number of methoxy groups -OCH3 is 1. The van der Waals surface area contributed by atoms with E-state index in [0.717, 1.165) is 25.7 Å². The number of aromatic carboxylic acids is 1. The van der Waals surface area contributed by atoms with Crippen molar-refractivity contribution in [3.05, 3.63) is 23.3 Å². The molecule has 0 aliphatic heterocycles. The van der Waals surface area contributed by atoms with E-state index in [4.69, 9.17) is 9.84 Å². The van der Waals surface area contributed by atoms with Crippen molar-refractivity contribution in [3.8, 4) is 0 Å². The number of hydrogen-bond donors (Lipinski definition) is 1. The third-order valence-electron chi connectivity index (χ3n) is 2.81. The molecule has 1 heterocycles. The van der Waals surface area contributed by atoms with Crippen molar-refractivity contribution in [2.24, 2.45) is 0 Å². The minimum absolute atomic E-state index is 0.253. The van der Waals surface area contributed by atoms with Gasteiger partial charge in [0, 0.05) is 32.3 Å². The van der Waals surface area contributed by atoms with Crippen molar-refractivity contribution in [2.75, 3.05) is 13.7 Å². The zero-order valence-electron chi connectivity index (χ0n) is 9.85. The molecule has 17 heavy (non-hydrogen) atoms. The second kappa shape index (κ2) is 5.23. The summed E-state index contributed by atoms with van der Waals surface area (Å²) in [6, 6.07) is 0. The predicted molar refractivity (Wildman–Crippen MR) is 61.2 cm³/mol. The fourth-order valence-electron chi connectivity index (χ4n) is 1.76. The standard InChI is InChI=1S/C12H16N2O3/c1-17-6-2-3-10-13-7-9(12(15)16)11(14-10)8-4-5-8/h7-8H,2-6H2,1H3,(H,15,16). The summed E-state index contributed by atoms with van der Waals surface area (Å²) in [5.74, 6) is 0.106. The summed E-state index contributed by atoms with van der Waals surface area (Å²) in [6.07, 6.45) is 5.09. The molecule has 1 aromatic heterocycles. The number of aryl methyl sites for hydroxylation is 1. The van der Waals surface area contributed by atoms with E-state index in [9.17, 15) is 4.79 Å². The average molecular weight is 236 g/mol. The molecule has 0 bridgehead atoms. The molecule has 1 saturated carbocycles. The number of carboxylic acids is 1. The Morgan fingerprint density at radius 1 is 1.59 bits per heavy atom. The van der Waals surface area contributed by atoms with Gasteiger partial charge in [0.2, 0.25) is 0 Å². The molecule has 0 unspecified atom stereocenters. The Morgan fingerprint density at radius 2 is 2.35 bits per heavy atom. The number of nitrogens with zero attached hydrogens (tertiary/aromatic N) is 2.